The molecule has 0 aliphatic carbocycles. The highest BCUT2D eigenvalue weighted by atomic mass is 35.5. The highest BCUT2D eigenvalue weighted by Crippen LogP contribution is 2.19. The first-order chi connectivity index (χ1) is 14.2. The minimum Gasteiger partial charge on any atom is -0.354 e. The number of hydrogen-bond donors (Lipinski definition) is 1. The Morgan fingerprint density at radius 3 is 2.34 bits per heavy atom. The molecule has 0 saturated carbocycles. The van der Waals surface area contributed by atoms with Gasteiger partial charge in [0.1, 0.15) is 5.82 Å². The molecule has 6 heteroatoms. The minimum absolute atomic E-state index is 0.200. The predicted molar refractivity (Wildman–Crippen MR) is 118 cm³/mol. The van der Waals surface area contributed by atoms with E-state index in [-0.39, 0.29) is 5.91 Å². The highest BCUT2D eigenvalue weighted by molar-refractivity contribution is 6.34. The minimum atomic E-state index is -0.200. The smallest absolute Gasteiger partial charge is 0.257 e. The molecule has 1 N–H and O–H groups in total. The number of pyridine rings is 1. The molecule has 1 amide bonds. The second kappa shape index (κ2) is 9.07. The summed E-state index contributed by atoms with van der Waals surface area (Å²) >= 11 is 6.09. The van der Waals surface area contributed by atoms with Crippen LogP contribution in [0.3, 0.4) is 0 Å². The quantitative estimate of drug-likeness (QED) is 0.686. The van der Waals surface area contributed by atoms with Gasteiger partial charge in [-0.25, -0.2) is 4.98 Å². The van der Waals surface area contributed by atoms with E-state index in [0.29, 0.717) is 10.6 Å². The van der Waals surface area contributed by atoms with Gasteiger partial charge >= 0.3 is 0 Å². The highest BCUT2D eigenvalue weighted by Gasteiger charge is 2.18. The van der Waals surface area contributed by atoms with Crippen LogP contribution in [0.2, 0.25) is 5.02 Å². The fraction of sp³-hybridized carbons (Fsp3) is 0.217. The number of amides is 1. The van der Waals surface area contributed by atoms with Crippen LogP contribution in [0.4, 0.5) is 11.5 Å². The largest absolute Gasteiger partial charge is 0.354 e. The molecule has 1 aliphatic heterocycles. The molecule has 3 aromatic rings. The van der Waals surface area contributed by atoms with Crippen LogP contribution in [0.25, 0.3) is 0 Å². The third-order valence-corrected chi connectivity index (χ3v) is 5.41. The van der Waals surface area contributed by atoms with E-state index >= 15 is 0 Å². The van der Waals surface area contributed by atoms with Crippen LogP contribution in [-0.4, -0.2) is 42.0 Å². The number of hydrogen-bond acceptors (Lipinski definition) is 4. The maximum absolute atomic E-state index is 12.4. The second-order valence-electron chi connectivity index (χ2n) is 7.08. The zero-order chi connectivity index (χ0) is 20.1. The molecule has 2 heterocycles. The number of rotatable bonds is 5. The van der Waals surface area contributed by atoms with Gasteiger partial charge in [0.2, 0.25) is 0 Å². The number of aromatic nitrogens is 1. The van der Waals surface area contributed by atoms with E-state index in [4.69, 9.17) is 11.6 Å². The van der Waals surface area contributed by atoms with E-state index in [1.807, 2.05) is 36.5 Å². The molecular weight excluding hydrogens is 384 g/mol. The lowest BCUT2D eigenvalue weighted by atomic mass is 10.1. The summed E-state index contributed by atoms with van der Waals surface area (Å²) in [6, 6.07) is 21.1. The molecule has 1 fully saturated rings. The maximum Gasteiger partial charge on any atom is 0.257 e. The van der Waals surface area contributed by atoms with Crippen LogP contribution in [0.15, 0.2) is 72.9 Å². The molecule has 1 aromatic heterocycles. The third kappa shape index (κ3) is 4.94. The summed E-state index contributed by atoms with van der Waals surface area (Å²) in [5, 5.41) is 3.35. The van der Waals surface area contributed by atoms with Crippen molar-refractivity contribution in [2.24, 2.45) is 0 Å². The molecule has 148 valence electrons. The summed E-state index contributed by atoms with van der Waals surface area (Å²) in [5.41, 5.74) is 2.47. The molecule has 1 aliphatic rings. The Labute approximate surface area is 175 Å². The first kappa shape index (κ1) is 19.4. The topological polar surface area (TPSA) is 48.5 Å². The molecule has 5 nitrogen and oxygen atoms in total. The van der Waals surface area contributed by atoms with E-state index in [1.165, 1.54) is 5.56 Å². The van der Waals surface area contributed by atoms with Gasteiger partial charge in [0.25, 0.3) is 5.91 Å². The molecule has 0 atom stereocenters. The zero-order valence-corrected chi connectivity index (χ0v) is 16.8. The van der Waals surface area contributed by atoms with Gasteiger partial charge in [0, 0.05) is 44.6 Å². The van der Waals surface area contributed by atoms with Crippen molar-refractivity contribution < 1.29 is 4.79 Å². The van der Waals surface area contributed by atoms with Crippen molar-refractivity contribution in [3.63, 3.8) is 0 Å². The number of halogens is 1. The first-order valence-electron chi connectivity index (χ1n) is 9.72. The zero-order valence-electron chi connectivity index (χ0n) is 16.1. The third-order valence-electron chi connectivity index (χ3n) is 5.08. The van der Waals surface area contributed by atoms with Gasteiger partial charge in [-0.1, -0.05) is 41.9 Å². The number of benzene rings is 2. The van der Waals surface area contributed by atoms with Gasteiger partial charge < -0.3 is 10.2 Å². The number of carbonyl (C=O) groups is 1. The number of piperazine rings is 1. The fourth-order valence-electron chi connectivity index (χ4n) is 3.47. The fourth-order valence-corrected chi connectivity index (χ4v) is 3.69. The van der Waals surface area contributed by atoms with Gasteiger partial charge in [0.15, 0.2) is 0 Å². The number of nitrogens with one attached hydrogen (secondary N) is 1. The Kier molecular flexibility index (Phi) is 6.08. The summed E-state index contributed by atoms with van der Waals surface area (Å²) < 4.78 is 0. The van der Waals surface area contributed by atoms with Crippen molar-refractivity contribution >= 4 is 29.0 Å². The second-order valence-corrected chi connectivity index (χ2v) is 7.49. The standard InChI is InChI=1S/C23H23ClN4O/c24-21-6-2-1-5-20(21)23(29)26-19-10-8-18(9-11-19)17-27-13-15-28(16-14-27)22-7-3-4-12-25-22/h1-12H,13-17H2,(H,26,29). The van der Waals surface area contributed by atoms with E-state index in [0.717, 1.165) is 44.2 Å². The van der Waals surface area contributed by atoms with Crippen LogP contribution >= 0.6 is 11.6 Å². The first-order valence-corrected chi connectivity index (χ1v) is 10.1. The van der Waals surface area contributed by atoms with Gasteiger partial charge in [-0.3, -0.25) is 9.69 Å². The van der Waals surface area contributed by atoms with Crippen LogP contribution in [0.1, 0.15) is 15.9 Å². The van der Waals surface area contributed by atoms with Crippen molar-refractivity contribution in [1.29, 1.82) is 0 Å². The van der Waals surface area contributed by atoms with Gasteiger partial charge in [-0.05, 0) is 42.0 Å². The Hall–Kier alpha value is -2.89. The lowest BCUT2D eigenvalue weighted by Gasteiger charge is -2.35. The monoisotopic (exact) mass is 406 g/mol. The summed E-state index contributed by atoms with van der Waals surface area (Å²) in [7, 11) is 0. The Morgan fingerprint density at radius 2 is 1.66 bits per heavy atom. The van der Waals surface area contributed by atoms with E-state index in [2.05, 4.69) is 38.3 Å². The van der Waals surface area contributed by atoms with Crippen LogP contribution in [0, 0.1) is 0 Å². The molecule has 4 rings (SSSR count). The van der Waals surface area contributed by atoms with E-state index in [1.54, 1.807) is 18.2 Å². The van der Waals surface area contributed by atoms with E-state index < -0.39 is 0 Å². The summed E-state index contributed by atoms with van der Waals surface area (Å²) in [6.45, 7) is 4.85. The average molecular weight is 407 g/mol. The van der Waals surface area contributed by atoms with Crippen LogP contribution < -0.4 is 10.2 Å². The predicted octanol–water partition coefficient (Wildman–Crippen LogP) is 4.31. The Morgan fingerprint density at radius 1 is 0.931 bits per heavy atom. The molecule has 2 aromatic carbocycles. The van der Waals surface area contributed by atoms with Gasteiger partial charge in [0.05, 0.1) is 10.6 Å². The normalized spacial score (nSPS) is 14.6. The Bertz CT molecular complexity index is 954. The summed E-state index contributed by atoms with van der Waals surface area (Å²) in [4.78, 5) is 21.6. The van der Waals surface area contributed by atoms with Crippen molar-refractivity contribution in [3.05, 3.63) is 89.1 Å². The van der Waals surface area contributed by atoms with Crippen molar-refractivity contribution in [1.82, 2.24) is 9.88 Å². The van der Waals surface area contributed by atoms with Gasteiger partial charge in [-0.2, -0.15) is 0 Å². The average Bonchev–Trinajstić information content (AvgIpc) is 2.76. The maximum atomic E-state index is 12.4. The van der Waals surface area contributed by atoms with Crippen LogP contribution in [-0.2, 0) is 6.54 Å². The van der Waals surface area contributed by atoms with Crippen molar-refractivity contribution in [2.75, 3.05) is 36.4 Å². The molecule has 0 unspecified atom stereocenters. The molecule has 1 saturated heterocycles. The number of anilines is 2. The number of nitrogens with zero attached hydrogens (tertiary/aromatic N) is 3. The molecule has 0 radical (unpaired) electrons. The molecule has 0 bridgehead atoms. The molecule has 0 spiro atoms. The van der Waals surface area contributed by atoms with Gasteiger partial charge in [-0.15, -0.1) is 0 Å². The molecule has 29 heavy (non-hydrogen) atoms. The lowest BCUT2D eigenvalue weighted by molar-refractivity contribution is 0.102. The Balaban J connectivity index is 1.30. The summed E-state index contributed by atoms with van der Waals surface area (Å²) in [6.07, 6.45) is 1.84. The van der Waals surface area contributed by atoms with Crippen molar-refractivity contribution in [2.45, 2.75) is 6.54 Å². The lowest BCUT2D eigenvalue weighted by Crippen LogP contribution is -2.46. The van der Waals surface area contributed by atoms with Crippen molar-refractivity contribution in [3.8, 4) is 0 Å². The SMILES string of the molecule is O=C(Nc1ccc(CN2CCN(c3ccccn3)CC2)cc1)c1ccccc1Cl. The summed E-state index contributed by atoms with van der Waals surface area (Å²) in [5.74, 6) is 0.847. The molecular formula is C23H23ClN4O. The van der Waals surface area contributed by atoms with E-state index in [9.17, 15) is 4.79 Å². The number of carbonyl (C=O) groups excluding carboxylic acids is 1. The van der Waals surface area contributed by atoms with Crippen LogP contribution in [0.5, 0.6) is 0 Å².